The van der Waals surface area contributed by atoms with Crippen molar-refractivity contribution in [2.24, 2.45) is 0 Å². The molecule has 0 aromatic heterocycles. The van der Waals surface area contributed by atoms with Crippen LogP contribution in [0.15, 0.2) is 17.8 Å². The van der Waals surface area contributed by atoms with Crippen molar-refractivity contribution in [1.82, 2.24) is 10.2 Å². The smallest absolute Gasteiger partial charge is 0.328 e. The minimum absolute atomic E-state index is 0.0553. The van der Waals surface area contributed by atoms with E-state index in [2.05, 4.69) is 5.32 Å². The summed E-state index contributed by atoms with van der Waals surface area (Å²) in [6.07, 6.45) is 1.50. The highest BCUT2D eigenvalue weighted by Gasteiger charge is 2.30. The first-order valence-corrected chi connectivity index (χ1v) is 7.65. The van der Waals surface area contributed by atoms with Crippen LogP contribution in [0.5, 0.6) is 11.5 Å². The summed E-state index contributed by atoms with van der Waals surface area (Å²) in [5.41, 5.74) is 0.821. The van der Waals surface area contributed by atoms with E-state index >= 15 is 0 Å². The van der Waals surface area contributed by atoms with Crippen LogP contribution in [0.2, 0.25) is 5.02 Å². The highest BCUT2D eigenvalue weighted by molar-refractivity contribution is 6.32. The number of hydrogen-bond acceptors (Lipinski definition) is 4. The summed E-state index contributed by atoms with van der Waals surface area (Å²) in [7, 11) is 1.41. The lowest BCUT2D eigenvalue weighted by molar-refractivity contribution is -0.121. The van der Waals surface area contributed by atoms with Crippen molar-refractivity contribution < 1.29 is 19.1 Å². The van der Waals surface area contributed by atoms with Gasteiger partial charge < -0.3 is 14.8 Å². The fourth-order valence-electron chi connectivity index (χ4n) is 2.07. The molecule has 1 aromatic carbocycles. The summed E-state index contributed by atoms with van der Waals surface area (Å²) >= 11 is 6.28. The topological polar surface area (TPSA) is 67.9 Å². The molecule has 1 N–H and O–H groups in total. The molecule has 0 aliphatic carbocycles. The van der Waals surface area contributed by atoms with Gasteiger partial charge in [0, 0.05) is 7.05 Å². The third kappa shape index (κ3) is 3.76. The molecule has 2 rings (SSSR count). The van der Waals surface area contributed by atoms with Gasteiger partial charge in [-0.2, -0.15) is 0 Å². The minimum atomic E-state index is -0.461. The van der Waals surface area contributed by atoms with E-state index < -0.39 is 11.9 Å². The van der Waals surface area contributed by atoms with Crippen molar-refractivity contribution >= 4 is 29.6 Å². The molecule has 6 nitrogen and oxygen atoms in total. The Morgan fingerprint density at radius 1 is 1.35 bits per heavy atom. The second-order valence-corrected chi connectivity index (χ2v) is 5.69. The van der Waals surface area contributed by atoms with E-state index in [4.69, 9.17) is 21.1 Å². The number of ether oxygens (including phenoxy) is 2. The Kier molecular flexibility index (Phi) is 5.15. The number of carbonyl (C=O) groups is 2. The average Bonchev–Trinajstić information content (AvgIpc) is 2.70. The average molecular weight is 339 g/mol. The first kappa shape index (κ1) is 17.1. The van der Waals surface area contributed by atoms with Gasteiger partial charge >= 0.3 is 6.03 Å². The van der Waals surface area contributed by atoms with Gasteiger partial charge in [-0.3, -0.25) is 9.69 Å². The number of likely N-dealkylation sites (N-methyl/N-ethyl adjacent to an activating group) is 1. The van der Waals surface area contributed by atoms with Gasteiger partial charge in [0.2, 0.25) is 0 Å². The number of hydrogen-bond donors (Lipinski definition) is 1. The molecule has 7 heteroatoms. The van der Waals surface area contributed by atoms with Crippen LogP contribution >= 0.6 is 11.6 Å². The Hall–Kier alpha value is -2.21. The van der Waals surface area contributed by atoms with E-state index in [1.165, 1.54) is 7.05 Å². The van der Waals surface area contributed by atoms with Crippen molar-refractivity contribution in [2.75, 3.05) is 13.7 Å². The maximum absolute atomic E-state index is 11.9. The van der Waals surface area contributed by atoms with E-state index in [0.717, 1.165) is 4.90 Å². The van der Waals surface area contributed by atoms with Crippen LogP contribution in [0.4, 0.5) is 4.79 Å². The molecular weight excluding hydrogens is 320 g/mol. The van der Waals surface area contributed by atoms with Gasteiger partial charge in [0.1, 0.15) is 5.70 Å². The van der Waals surface area contributed by atoms with Gasteiger partial charge in [0.25, 0.3) is 5.91 Å². The summed E-state index contributed by atoms with van der Waals surface area (Å²) in [6, 6.07) is 2.92. The molecule has 1 saturated heterocycles. The Labute approximate surface area is 140 Å². The number of amides is 3. The van der Waals surface area contributed by atoms with Crippen molar-refractivity contribution in [3.63, 3.8) is 0 Å². The van der Waals surface area contributed by atoms with Gasteiger partial charge in [0.15, 0.2) is 11.5 Å². The highest BCUT2D eigenvalue weighted by Crippen LogP contribution is 2.38. The predicted octanol–water partition coefficient (Wildman–Crippen LogP) is 3.05. The Morgan fingerprint density at radius 3 is 2.57 bits per heavy atom. The zero-order valence-corrected chi connectivity index (χ0v) is 14.2. The highest BCUT2D eigenvalue weighted by atomic mass is 35.5. The molecule has 1 heterocycles. The first-order chi connectivity index (χ1) is 10.8. The minimum Gasteiger partial charge on any atom is -0.490 e. The summed E-state index contributed by atoms with van der Waals surface area (Å²) < 4.78 is 11.3. The molecule has 0 radical (unpaired) electrons. The number of imide groups is 1. The van der Waals surface area contributed by atoms with Crippen LogP contribution < -0.4 is 14.8 Å². The number of benzene rings is 1. The Bertz CT molecular complexity index is 670. The molecule has 0 saturated carbocycles. The molecule has 23 heavy (non-hydrogen) atoms. The number of nitrogens with one attached hydrogen (secondary N) is 1. The summed E-state index contributed by atoms with van der Waals surface area (Å²) in [5, 5.41) is 2.88. The fraction of sp³-hybridized carbons (Fsp3) is 0.375. The van der Waals surface area contributed by atoms with Gasteiger partial charge in [0.05, 0.1) is 17.7 Å². The first-order valence-electron chi connectivity index (χ1n) is 7.27. The van der Waals surface area contributed by atoms with E-state index in [9.17, 15) is 9.59 Å². The number of nitrogens with zero attached hydrogens (tertiary/aromatic N) is 1. The Morgan fingerprint density at radius 2 is 2.04 bits per heavy atom. The summed E-state index contributed by atoms with van der Waals surface area (Å²) in [6.45, 7) is 6.09. The monoisotopic (exact) mass is 338 g/mol. The third-order valence-corrected chi connectivity index (χ3v) is 3.36. The van der Waals surface area contributed by atoms with Crippen LogP contribution in [0.3, 0.4) is 0 Å². The van der Waals surface area contributed by atoms with Crippen LogP contribution in [-0.2, 0) is 4.79 Å². The van der Waals surface area contributed by atoms with Crippen molar-refractivity contribution in [3.8, 4) is 11.5 Å². The van der Waals surface area contributed by atoms with Crippen LogP contribution in [0, 0.1) is 0 Å². The molecule has 1 aromatic rings. The van der Waals surface area contributed by atoms with Gasteiger partial charge in [-0.05, 0) is 44.5 Å². The normalized spacial score (nSPS) is 16.3. The largest absolute Gasteiger partial charge is 0.490 e. The predicted molar refractivity (Wildman–Crippen MR) is 87.7 cm³/mol. The molecule has 1 aliphatic heterocycles. The van der Waals surface area contributed by atoms with Gasteiger partial charge in [-0.1, -0.05) is 11.6 Å². The molecule has 1 aliphatic rings. The van der Waals surface area contributed by atoms with E-state index in [1.54, 1.807) is 18.2 Å². The molecular formula is C16H19ClN2O4. The van der Waals surface area contributed by atoms with Gasteiger partial charge in [-0.15, -0.1) is 0 Å². The van der Waals surface area contributed by atoms with E-state index in [-0.39, 0.29) is 11.8 Å². The molecule has 124 valence electrons. The van der Waals surface area contributed by atoms with Crippen molar-refractivity contribution in [2.45, 2.75) is 26.9 Å². The van der Waals surface area contributed by atoms with Crippen LogP contribution in [0.1, 0.15) is 26.3 Å². The number of carbonyl (C=O) groups excluding carboxylic acids is 2. The lowest BCUT2D eigenvalue weighted by Crippen LogP contribution is -2.25. The second kappa shape index (κ2) is 6.91. The Balaban J connectivity index is 2.41. The van der Waals surface area contributed by atoms with Crippen LogP contribution in [-0.4, -0.2) is 36.6 Å². The summed E-state index contributed by atoms with van der Waals surface area (Å²) in [5.74, 6) is 0.557. The number of halogens is 1. The fourth-order valence-corrected chi connectivity index (χ4v) is 2.34. The maximum Gasteiger partial charge on any atom is 0.328 e. The molecule has 0 unspecified atom stereocenters. The van der Waals surface area contributed by atoms with Crippen molar-refractivity contribution in [3.05, 3.63) is 28.4 Å². The lowest BCUT2D eigenvalue weighted by atomic mass is 10.1. The second-order valence-electron chi connectivity index (χ2n) is 5.28. The van der Waals surface area contributed by atoms with E-state index in [0.29, 0.717) is 28.7 Å². The SMILES string of the molecule is CCOc1cc(/C=C2/NC(=O)N(C)C2=O)cc(Cl)c1OC(C)C. The summed E-state index contributed by atoms with van der Waals surface area (Å²) in [4.78, 5) is 24.4. The molecule has 3 amide bonds. The zero-order valence-electron chi connectivity index (χ0n) is 13.5. The van der Waals surface area contributed by atoms with E-state index in [1.807, 2.05) is 20.8 Å². The quantitative estimate of drug-likeness (QED) is 0.662. The molecule has 0 spiro atoms. The third-order valence-electron chi connectivity index (χ3n) is 3.08. The lowest BCUT2D eigenvalue weighted by Gasteiger charge is -2.16. The molecule has 0 atom stereocenters. The molecule has 0 bridgehead atoms. The van der Waals surface area contributed by atoms with Crippen molar-refractivity contribution in [1.29, 1.82) is 0 Å². The standard InChI is InChI=1S/C16H19ClN2O4/c1-5-22-13-8-10(6-11(17)14(13)23-9(2)3)7-12-15(20)19(4)16(21)18-12/h6-9H,5H2,1-4H3,(H,18,21)/b12-7+. The zero-order chi connectivity index (χ0) is 17.1. The van der Waals surface area contributed by atoms with Gasteiger partial charge in [-0.25, -0.2) is 4.79 Å². The van der Waals surface area contributed by atoms with Crippen LogP contribution in [0.25, 0.3) is 6.08 Å². The number of rotatable bonds is 5. The molecule has 1 fully saturated rings. The maximum atomic E-state index is 11.9. The number of urea groups is 1.